The number of methoxy groups -OCH3 is 2. The molecule has 0 bridgehead atoms. The molecule has 2 rings (SSSR count). The van der Waals surface area contributed by atoms with Gasteiger partial charge < -0.3 is 20.1 Å². The van der Waals surface area contributed by atoms with Crippen molar-refractivity contribution in [2.75, 3.05) is 14.2 Å². The molecule has 26 heavy (non-hydrogen) atoms. The summed E-state index contributed by atoms with van der Waals surface area (Å²) >= 11 is 0. The molecule has 2 amide bonds. The first-order chi connectivity index (χ1) is 12.3. The monoisotopic (exact) mass is 360 g/mol. The summed E-state index contributed by atoms with van der Waals surface area (Å²) < 4.78 is 12.4. The number of ether oxygens (including phenoxy) is 2. The van der Waals surface area contributed by atoms with E-state index in [4.69, 9.17) is 9.47 Å². The van der Waals surface area contributed by atoms with E-state index < -0.39 is 0 Å². The number of aryl methyl sites for hydroxylation is 2. The summed E-state index contributed by atoms with van der Waals surface area (Å²) in [5.41, 5.74) is 4.25. The van der Waals surface area contributed by atoms with Crippen molar-refractivity contribution < 1.29 is 14.3 Å². The number of carbonyl (C=O) groups excluding carboxylic acids is 1. The van der Waals surface area contributed by atoms with Crippen LogP contribution in [0.25, 0.3) is 0 Å². The molecule has 0 fully saturated rings. The van der Waals surface area contributed by atoms with Crippen LogP contribution in [-0.4, -0.2) is 36.1 Å². The summed E-state index contributed by atoms with van der Waals surface area (Å²) in [7, 11) is 5.11. The fourth-order valence-electron chi connectivity index (χ4n) is 2.92. The molecule has 1 heterocycles. The lowest BCUT2D eigenvalue weighted by atomic mass is 10.1. The van der Waals surface area contributed by atoms with E-state index in [0.29, 0.717) is 18.0 Å². The van der Waals surface area contributed by atoms with Crippen molar-refractivity contribution in [2.24, 2.45) is 7.05 Å². The first-order valence-corrected chi connectivity index (χ1v) is 8.60. The van der Waals surface area contributed by atoms with Gasteiger partial charge in [0.2, 0.25) is 0 Å². The van der Waals surface area contributed by atoms with Gasteiger partial charge in [-0.3, -0.25) is 4.68 Å². The Bertz CT molecular complexity index is 770. The number of rotatable bonds is 7. The highest BCUT2D eigenvalue weighted by Gasteiger charge is 2.14. The van der Waals surface area contributed by atoms with Crippen LogP contribution in [0.2, 0.25) is 0 Å². The Balaban J connectivity index is 1.88. The fourth-order valence-corrected chi connectivity index (χ4v) is 2.92. The minimum Gasteiger partial charge on any atom is -0.493 e. The van der Waals surface area contributed by atoms with Crippen LogP contribution < -0.4 is 20.1 Å². The van der Waals surface area contributed by atoms with Gasteiger partial charge in [-0.25, -0.2) is 4.79 Å². The van der Waals surface area contributed by atoms with Crippen LogP contribution in [0.1, 0.15) is 29.4 Å². The van der Waals surface area contributed by atoms with Crippen molar-refractivity contribution in [1.29, 1.82) is 0 Å². The van der Waals surface area contributed by atoms with Crippen LogP contribution in [0.4, 0.5) is 4.79 Å². The van der Waals surface area contributed by atoms with Gasteiger partial charge in [0.15, 0.2) is 11.5 Å². The molecule has 7 nitrogen and oxygen atoms in total. The van der Waals surface area contributed by atoms with E-state index in [2.05, 4.69) is 15.7 Å². The fraction of sp³-hybridized carbons (Fsp3) is 0.474. The standard InChI is InChI=1S/C19H28N4O3/c1-12(9-16-13(2)22-23(4)14(16)3)21-19(24)20-11-15-7-8-17(25-5)18(10-15)26-6/h7-8,10,12H,9,11H2,1-6H3,(H2,20,21,24). The molecule has 2 N–H and O–H groups in total. The summed E-state index contributed by atoms with van der Waals surface area (Å²) in [4.78, 5) is 12.2. The molecule has 1 atom stereocenters. The maximum Gasteiger partial charge on any atom is 0.315 e. The Morgan fingerprint density at radius 3 is 2.50 bits per heavy atom. The number of aromatic nitrogens is 2. The van der Waals surface area contributed by atoms with E-state index >= 15 is 0 Å². The molecule has 1 aromatic carbocycles. The topological polar surface area (TPSA) is 77.4 Å². The first kappa shape index (κ1) is 19.6. The van der Waals surface area contributed by atoms with Crippen LogP contribution in [0.3, 0.4) is 0 Å². The largest absolute Gasteiger partial charge is 0.493 e. The Hall–Kier alpha value is -2.70. The zero-order valence-electron chi connectivity index (χ0n) is 16.3. The zero-order chi connectivity index (χ0) is 19.3. The van der Waals surface area contributed by atoms with Gasteiger partial charge in [0.1, 0.15) is 0 Å². The number of benzene rings is 1. The lowest BCUT2D eigenvalue weighted by Gasteiger charge is -2.15. The molecular formula is C19H28N4O3. The summed E-state index contributed by atoms with van der Waals surface area (Å²) in [5.74, 6) is 1.31. The van der Waals surface area contributed by atoms with Crippen molar-refractivity contribution in [1.82, 2.24) is 20.4 Å². The molecule has 0 aliphatic heterocycles. The normalized spacial score (nSPS) is 11.8. The maximum absolute atomic E-state index is 12.2. The number of hydrogen-bond donors (Lipinski definition) is 2. The summed E-state index contributed by atoms with van der Waals surface area (Å²) in [5, 5.41) is 10.3. The molecular weight excluding hydrogens is 332 g/mol. The van der Waals surface area contributed by atoms with E-state index in [0.717, 1.165) is 23.4 Å². The Labute approximate surface area is 154 Å². The summed E-state index contributed by atoms with van der Waals surface area (Å²) in [6.07, 6.45) is 0.745. The molecule has 1 unspecified atom stereocenters. The molecule has 0 aliphatic carbocycles. The predicted octanol–water partition coefficient (Wildman–Crippen LogP) is 2.48. The average Bonchev–Trinajstić information content (AvgIpc) is 2.85. The Morgan fingerprint density at radius 1 is 1.23 bits per heavy atom. The lowest BCUT2D eigenvalue weighted by molar-refractivity contribution is 0.237. The average molecular weight is 360 g/mol. The molecule has 0 saturated heterocycles. The van der Waals surface area contributed by atoms with E-state index in [1.807, 2.05) is 50.7 Å². The Morgan fingerprint density at radius 2 is 1.92 bits per heavy atom. The second-order valence-corrected chi connectivity index (χ2v) is 6.39. The second-order valence-electron chi connectivity index (χ2n) is 6.39. The molecule has 7 heteroatoms. The zero-order valence-corrected chi connectivity index (χ0v) is 16.3. The molecule has 0 saturated carbocycles. The van der Waals surface area contributed by atoms with E-state index in [9.17, 15) is 4.79 Å². The maximum atomic E-state index is 12.2. The van der Waals surface area contributed by atoms with Crippen LogP contribution in [-0.2, 0) is 20.0 Å². The highest BCUT2D eigenvalue weighted by atomic mass is 16.5. The van der Waals surface area contributed by atoms with Crippen molar-refractivity contribution in [3.05, 3.63) is 40.7 Å². The summed E-state index contributed by atoms with van der Waals surface area (Å²) in [6.45, 7) is 6.43. The highest BCUT2D eigenvalue weighted by molar-refractivity contribution is 5.74. The van der Waals surface area contributed by atoms with Gasteiger partial charge in [-0.05, 0) is 50.5 Å². The third kappa shape index (κ3) is 4.68. The van der Waals surface area contributed by atoms with E-state index in [-0.39, 0.29) is 12.1 Å². The first-order valence-electron chi connectivity index (χ1n) is 8.60. The van der Waals surface area contributed by atoms with Crippen LogP contribution in [0, 0.1) is 13.8 Å². The number of amides is 2. The third-order valence-corrected chi connectivity index (χ3v) is 4.45. The number of nitrogens with one attached hydrogen (secondary N) is 2. The van der Waals surface area contributed by atoms with Gasteiger partial charge in [0.05, 0.1) is 19.9 Å². The van der Waals surface area contributed by atoms with Crippen molar-refractivity contribution in [2.45, 2.75) is 39.8 Å². The van der Waals surface area contributed by atoms with Crippen LogP contribution in [0.5, 0.6) is 11.5 Å². The quantitative estimate of drug-likeness (QED) is 0.795. The second kappa shape index (κ2) is 8.60. The lowest BCUT2D eigenvalue weighted by Crippen LogP contribution is -2.41. The third-order valence-electron chi connectivity index (χ3n) is 4.45. The van der Waals surface area contributed by atoms with Gasteiger partial charge >= 0.3 is 6.03 Å². The smallest absolute Gasteiger partial charge is 0.315 e. The van der Waals surface area contributed by atoms with E-state index in [1.165, 1.54) is 5.56 Å². The number of carbonyl (C=O) groups is 1. The van der Waals surface area contributed by atoms with Crippen LogP contribution in [0.15, 0.2) is 18.2 Å². The van der Waals surface area contributed by atoms with Gasteiger partial charge in [-0.1, -0.05) is 6.07 Å². The SMILES string of the molecule is COc1ccc(CNC(=O)NC(C)Cc2c(C)nn(C)c2C)cc1OC. The predicted molar refractivity (Wildman–Crippen MR) is 101 cm³/mol. The summed E-state index contributed by atoms with van der Waals surface area (Å²) in [6, 6.07) is 5.37. The molecule has 1 aromatic heterocycles. The van der Waals surface area contributed by atoms with Crippen LogP contribution >= 0.6 is 0 Å². The van der Waals surface area contributed by atoms with Gasteiger partial charge in [-0.15, -0.1) is 0 Å². The highest BCUT2D eigenvalue weighted by Crippen LogP contribution is 2.27. The number of urea groups is 1. The van der Waals surface area contributed by atoms with Gasteiger partial charge in [0, 0.05) is 25.3 Å². The van der Waals surface area contributed by atoms with Crippen molar-refractivity contribution in [3.8, 4) is 11.5 Å². The molecule has 142 valence electrons. The van der Waals surface area contributed by atoms with Gasteiger partial charge in [0.25, 0.3) is 0 Å². The van der Waals surface area contributed by atoms with E-state index in [1.54, 1.807) is 14.2 Å². The van der Waals surface area contributed by atoms with Crippen molar-refractivity contribution >= 4 is 6.03 Å². The molecule has 0 spiro atoms. The molecule has 0 radical (unpaired) electrons. The Kier molecular flexibility index (Phi) is 6.49. The molecule has 0 aliphatic rings. The number of hydrogen-bond acceptors (Lipinski definition) is 4. The van der Waals surface area contributed by atoms with Crippen molar-refractivity contribution in [3.63, 3.8) is 0 Å². The minimum atomic E-state index is -0.202. The minimum absolute atomic E-state index is 0.00186. The molecule has 2 aromatic rings. The number of nitrogens with zero attached hydrogens (tertiary/aromatic N) is 2. The van der Waals surface area contributed by atoms with Gasteiger partial charge in [-0.2, -0.15) is 5.10 Å².